The Balaban J connectivity index is 1.98. The van der Waals surface area contributed by atoms with E-state index in [1.54, 1.807) is 12.1 Å². The molecular formula is C18H19F3N2O2. The Labute approximate surface area is 142 Å². The van der Waals surface area contributed by atoms with Crippen molar-refractivity contribution in [3.63, 3.8) is 0 Å². The van der Waals surface area contributed by atoms with Crippen LogP contribution in [0.3, 0.4) is 0 Å². The van der Waals surface area contributed by atoms with Crippen LogP contribution in [0, 0.1) is 13.8 Å². The maximum atomic E-state index is 13.2. The van der Waals surface area contributed by atoms with Gasteiger partial charge in [0.05, 0.1) is 18.3 Å². The van der Waals surface area contributed by atoms with Crippen molar-refractivity contribution < 1.29 is 18.3 Å². The summed E-state index contributed by atoms with van der Waals surface area (Å²) in [6.07, 6.45) is -4.32. The summed E-state index contributed by atoms with van der Waals surface area (Å²) >= 11 is 0. The van der Waals surface area contributed by atoms with Crippen molar-refractivity contribution in [2.75, 3.05) is 0 Å². The number of nitrogens with zero attached hydrogens (tertiary/aromatic N) is 2. The zero-order chi connectivity index (χ0) is 18.4. The van der Waals surface area contributed by atoms with Gasteiger partial charge in [-0.25, -0.2) is 4.68 Å². The fourth-order valence-electron chi connectivity index (χ4n) is 2.94. The minimum absolute atomic E-state index is 0.0358. The number of aliphatic hydroxyl groups is 1. The fraction of sp³-hybridized carbons (Fsp3) is 0.444. The molecule has 134 valence electrons. The molecule has 1 fully saturated rings. The molecule has 1 N–H and O–H groups in total. The maximum Gasteiger partial charge on any atom is 0.421 e. The van der Waals surface area contributed by atoms with Gasteiger partial charge in [-0.3, -0.25) is 4.79 Å². The molecule has 0 bridgehead atoms. The number of halogens is 3. The first kappa shape index (κ1) is 17.7. The molecule has 25 heavy (non-hydrogen) atoms. The van der Waals surface area contributed by atoms with E-state index < -0.39 is 23.4 Å². The molecular weight excluding hydrogens is 333 g/mol. The third kappa shape index (κ3) is 3.92. The second-order valence-electron chi connectivity index (χ2n) is 6.68. The van der Waals surface area contributed by atoms with Crippen molar-refractivity contribution >= 4 is 0 Å². The van der Waals surface area contributed by atoms with Gasteiger partial charge in [0.2, 0.25) is 0 Å². The number of aryl methyl sites for hydroxylation is 2. The highest BCUT2D eigenvalue weighted by Crippen LogP contribution is 2.40. The number of rotatable bonds is 4. The molecule has 0 spiro atoms. The van der Waals surface area contributed by atoms with Crippen molar-refractivity contribution in [2.45, 2.75) is 51.4 Å². The summed E-state index contributed by atoms with van der Waals surface area (Å²) in [6.45, 7) is 3.41. The summed E-state index contributed by atoms with van der Waals surface area (Å²) in [4.78, 5) is 12.2. The first-order valence-corrected chi connectivity index (χ1v) is 8.10. The smallest absolute Gasteiger partial charge is 0.386 e. The van der Waals surface area contributed by atoms with Crippen molar-refractivity contribution in [3.8, 4) is 0 Å². The van der Waals surface area contributed by atoms with Gasteiger partial charge in [0.1, 0.15) is 5.56 Å². The third-order valence-electron chi connectivity index (χ3n) is 4.27. The van der Waals surface area contributed by atoms with E-state index in [4.69, 9.17) is 0 Å². The Hall–Kier alpha value is -2.15. The van der Waals surface area contributed by atoms with Crippen molar-refractivity contribution in [3.05, 3.63) is 62.6 Å². The second kappa shape index (κ2) is 6.29. The Bertz CT molecular complexity index is 834. The lowest BCUT2D eigenvalue weighted by Crippen LogP contribution is -2.33. The highest BCUT2D eigenvalue weighted by molar-refractivity contribution is 5.30. The van der Waals surface area contributed by atoms with Crippen LogP contribution < -0.4 is 5.56 Å². The molecule has 0 saturated heterocycles. The molecule has 4 nitrogen and oxygen atoms in total. The molecule has 1 aliphatic rings. The molecule has 0 amide bonds. The van der Waals surface area contributed by atoms with Crippen molar-refractivity contribution in [1.29, 1.82) is 0 Å². The lowest BCUT2D eigenvalue weighted by atomic mass is 10.0. The van der Waals surface area contributed by atoms with E-state index >= 15 is 0 Å². The average Bonchev–Trinajstić information content (AvgIpc) is 3.31. The van der Waals surface area contributed by atoms with Gasteiger partial charge in [-0.1, -0.05) is 29.3 Å². The summed E-state index contributed by atoms with van der Waals surface area (Å²) in [5.41, 5.74) is 0.225. The van der Waals surface area contributed by atoms with Crippen molar-refractivity contribution in [2.24, 2.45) is 0 Å². The SMILES string of the molecule is Cc1cc(C)cc([C@@H](O)Cn2nc(C3CC3)cc(C(F)(F)F)c2=O)c1. The summed E-state index contributed by atoms with van der Waals surface area (Å²) < 4.78 is 40.2. The van der Waals surface area contributed by atoms with Crippen LogP contribution in [0.2, 0.25) is 0 Å². The lowest BCUT2D eigenvalue weighted by Gasteiger charge is -2.16. The van der Waals surface area contributed by atoms with Crippen molar-refractivity contribution in [1.82, 2.24) is 9.78 Å². The predicted molar refractivity (Wildman–Crippen MR) is 86.3 cm³/mol. The Kier molecular flexibility index (Phi) is 4.45. The number of alkyl halides is 3. The first-order valence-electron chi connectivity index (χ1n) is 8.10. The summed E-state index contributed by atoms with van der Waals surface area (Å²) in [7, 11) is 0. The number of aromatic nitrogens is 2. The highest BCUT2D eigenvalue weighted by atomic mass is 19.4. The van der Waals surface area contributed by atoms with Crippen LogP contribution in [-0.2, 0) is 12.7 Å². The average molecular weight is 352 g/mol. The zero-order valence-corrected chi connectivity index (χ0v) is 14.0. The summed E-state index contributed by atoms with van der Waals surface area (Å²) in [5, 5.41) is 14.5. The molecule has 2 aromatic rings. The number of hydrogen-bond acceptors (Lipinski definition) is 3. The molecule has 1 heterocycles. The van der Waals surface area contributed by atoms with E-state index in [2.05, 4.69) is 5.10 Å². The largest absolute Gasteiger partial charge is 0.421 e. The van der Waals surface area contributed by atoms with Crippen LogP contribution in [0.1, 0.15) is 52.8 Å². The molecule has 1 atom stereocenters. The summed E-state index contributed by atoms with van der Waals surface area (Å²) in [6, 6.07) is 6.27. The second-order valence-corrected chi connectivity index (χ2v) is 6.68. The molecule has 1 aromatic heterocycles. The Morgan fingerprint density at radius 3 is 2.32 bits per heavy atom. The van der Waals surface area contributed by atoms with Gasteiger partial charge >= 0.3 is 6.18 Å². The van der Waals surface area contributed by atoms with Gasteiger partial charge in [0, 0.05) is 5.92 Å². The predicted octanol–water partition coefficient (Wildman–Crippen LogP) is 3.49. The molecule has 1 aromatic carbocycles. The Morgan fingerprint density at radius 1 is 1.20 bits per heavy atom. The summed E-state index contributed by atoms with van der Waals surface area (Å²) in [5.74, 6) is -0.0358. The fourth-order valence-corrected chi connectivity index (χ4v) is 2.94. The van der Waals surface area contributed by atoms with Gasteiger partial charge < -0.3 is 5.11 Å². The minimum Gasteiger partial charge on any atom is -0.386 e. The van der Waals surface area contributed by atoms with E-state index in [0.717, 1.165) is 34.7 Å². The highest BCUT2D eigenvalue weighted by Gasteiger charge is 2.37. The molecule has 1 aliphatic carbocycles. The normalized spacial score (nSPS) is 16.1. The van der Waals surface area contributed by atoms with Gasteiger partial charge in [0.15, 0.2) is 0 Å². The molecule has 0 aliphatic heterocycles. The van der Waals surface area contributed by atoms with Crippen LogP contribution >= 0.6 is 0 Å². The van der Waals surface area contributed by atoms with Crippen LogP contribution in [0.5, 0.6) is 0 Å². The maximum absolute atomic E-state index is 13.2. The number of benzene rings is 1. The molecule has 1 saturated carbocycles. The standard InChI is InChI=1S/C18H19F3N2O2/c1-10-5-11(2)7-13(6-10)16(24)9-23-17(25)14(18(19,20)21)8-15(22-23)12-3-4-12/h5-8,12,16,24H,3-4,9H2,1-2H3/t16-/m0/s1. The third-order valence-corrected chi connectivity index (χ3v) is 4.27. The van der Waals surface area contributed by atoms with Gasteiger partial charge in [-0.2, -0.15) is 18.3 Å². The van der Waals surface area contributed by atoms with Gasteiger partial charge in [-0.05, 0) is 38.3 Å². The number of aliphatic hydroxyl groups excluding tert-OH is 1. The monoisotopic (exact) mass is 352 g/mol. The topological polar surface area (TPSA) is 55.1 Å². The molecule has 7 heteroatoms. The van der Waals surface area contributed by atoms with Crippen LogP contribution in [0.4, 0.5) is 13.2 Å². The van der Waals surface area contributed by atoms with E-state index in [1.807, 2.05) is 19.9 Å². The van der Waals surface area contributed by atoms with Gasteiger partial charge in [0.25, 0.3) is 5.56 Å². The molecule has 0 unspecified atom stereocenters. The van der Waals surface area contributed by atoms with Crippen LogP contribution in [0.25, 0.3) is 0 Å². The van der Waals surface area contributed by atoms with E-state index in [-0.39, 0.29) is 18.2 Å². The quantitative estimate of drug-likeness (QED) is 0.916. The van der Waals surface area contributed by atoms with Crippen LogP contribution in [-0.4, -0.2) is 14.9 Å². The van der Waals surface area contributed by atoms with E-state index in [0.29, 0.717) is 5.56 Å². The van der Waals surface area contributed by atoms with E-state index in [9.17, 15) is 23.1 Å². The number of hydrogen-bond donors (Lipinski definition) is 1. The van der Waals surface area contributed by atoms with Crippen LogP contribution in [0.15, 0.2) is 29.1 Å². The molecule has 3 rings (SSSR count). The Morgan fingerprint density at radius 2 is 1.80 bits per heavy atom. The lowest BCUT2D eigenvalue weighted by molar-refractivity contribution is -0.139. The zero-order valence-electron chi connectivity index (χ0n) is 14.0. The van der Waals surface area contributed by atoms with Gasteiger partial charge in [-0.15, -0.1) is 0 Å². The first-order chi connectivity index (χ1) is 11.6. The minimum atomic E-state index is -4.74. The molecule has 0 radical (unpaired) electrons. The van der Waals surface area contributed by atoms with E-state index in [1.165, 1.54) is 0 Å².